The van der Waals surface area contributed by atoms with E-state index in [1.807, 2.05) is 12.1 Å². The van der Waals surface area contributed by atoms with Crippen molar-refractivity contribution in [3.8, 4) is 0 Å². The summed E-state index contributed by atoms with van der Waals surface area (Å²) in [5, 5.41) is 0. The number of hydrogen-bond acceptors (Lipinski definition) is 3. The van der Waals surface area contributed by atoms with Crippen molar-refractivity contribution in [3.05, 3.63) is 35.6 Å². The molecule has 2 N–H and O–H groups in total. The van der Waals surface area contributed by atoms with E-state index in [1.165, 1.54) is 25.0 Å². The minimum Gasteiger partial charge on any atom is -0.329 e. The minimum absolute atomic E-state index is 0.175. The van der Waals surface area contributed by atoms with Crippen LogP contribution in [0.3, 0.4) is 0 Å². The first-order valence-corrected chi connectivity index (χ1v) is 6.98. The molecule has 1 atom stereocenters. The Kier molecular flexibility index (Phi) is 4.91. The normalized spacial score (nSPS) is 19.8. The van der Waals surface area contributed by atoms with E-state index in [0.717, 1.165) is 18.7 Å². The number of likely N-dealkylation sites (N-methyl/N-ethyl adjacent to an activating group) is 1. The Labute approximate surface area is 115 Å². The Morgan fingerprint density at radius 3 is 2.42 bits per heavy atom. The molecule has 0 saturated carbocycles. The molecule has 4 heteroatoms. The zero-order valence-corrected chi connectivity index (χ0v) is 11.8. The first-order valence-electron chi connectivity index (χ1n) is 6.98. The lowest BCUT2D eigenvalue weighted by Gasteiger charge is -2.39. The Bertz CT molecular complexity index is 385. The summed E-state index contributed by atoms with van der Waals surface area (Å²) in [5.41, 5.74) is 7.03. The number of benzene rings is 1. The standard InChI is InChI=1S/C15H24FN3/c1-18-9-7-14(8-10-18)19(2)15(11-17)12-3-5-13(16)6-4-12/h3-6,14-15H,7-11,17H2,1-2H3. The monoisotopic (exact) mass is 265 g/mol. The highest BCUT2D eigenvalue weighted by Crippen LogP contribution is 2.25. The Balaban J connectivity index is 2.06. The van der Waals surface area contributed by atoms with E-state index < -0.39 is 0 Å². The summed E-state index contributed by atoms with van der Waals surface area (Å²) in [6.45, 7) is 2.83. The van der Waals surface area contributed by atoms with Gasteiger partial charge in [-0.2, -0.15) is 0 Å². The van der Waals surface area contributed by atoms with Crippen LogP contribution in [0.25, 0.3) is 0 Å². The van der Waals surface area contributed by atoms with Crippen molar-refractivity contribution >= 4 is 0 Å². The average molecular weight is 265 g/mol. The highest BCUT2D eigenvalue weighted by molar-refractivity contribution is 5.20. The molecule has 1 aromatic carbocycles. The highest BCUT2D eigenvalue weighted by atomic mass is 19.1. The maximum Gasteiger partial charge on any atom is 0.123 e. The molecule has 1 fully saturated rings. The van der Waals surface area contributed by atoms with Crippen LogP contribution in [0, 0.1) is 5.82 Å². The second-order valence-corrected chi connectivity index (χ2v) is 5.50. The van der Waals surface area contributed by atoms with Gasteiger partial charge in [-0.3, -0.25) is 4.90 Å². The van der Waals surface area contributed by atoms with Gasteiger partial charge in [0.15, 0.2) is 0 Å². The molecule has 1 aliphatic rings. The summed E-state index contributed by atoms with van der Waals surface area (Å²) in [6, 6.07) is 7.46. The summed E-state index contributed by atoms with van der Waals surface area (Å²) < 4.78 is 13.0. The predicted molar refractivity (Wildman–Crippen MR) is 76.5 cm³/mol. The topological polar surface area (TPSA) is 32.5 Å². The van der Waals surface area contributed by atoms with Crippen LogP contribution in [0.4, 0.5) is 4.39 Å². The van der Waals surface area contributed by atoms with E-state index >= 15 is 0 Å². The molecular weight excluding hydrogens is 241 g/mol. The summed E-state index contributed by atoms with van der Waals surface area (Å²) in [4.78, 5) is 4.72. The van der Waals surface area contributed by atoms with Gasteiger partial charge in [0, 0.05) is 18.6 Å². The molecule has 0 bridgehead atoms. The van der Waals surface area contributed by atoms with Gasteiger partial charge in [0.1, 0.15) is 5.82 Å². The van der Waals surface area contributed by atoms with Crippen molar-refractivity contribution in [1.29, 1.82) is 0 Å². The van der Waals surface area contributed by atoms with E-state index in [4.69, 9.17) is 5.73 Å². The Hall–Kier alpha value is -0.970. The second kappa shape index (κ2) is 6.46. The van der Waals surface area contributed by atoms with E-state index in [2.05, 4.69) is 23.9 Å². The summed E-state index contributed by atoms with van der Waals surface area (Å²) in [6.07, 6.45) is 2.34. The molecule has 2 rings (SSSR count). The van der Waals surface area contributed by atoms with Gasteiger partial charge in [0.25, 0.3) is 0 Å². The lowest BCUT2D eigenvalue weighted by molar-refractivity contribution is 0.109. The minimum atomic E-state index is -0.193. The van der Waals surface area contributed by atoms with Crippen molar-refractivity contribution < 1.29 is 4.39 Å². The third-order valence-corrected chi connectivity index (χ3v) is 4.23. The van der Waals surface area contributed by atoms with Gasteiger partial charge in [-0.25, -0.2) is 4.39 Å². The van der Waals surface area contributed by atoms with E-state index in [0.29, 0.717) is 12.6 Å². The second-order valence-electron chi connectivity index (χ2n) is 5.50. The van der Waals surface area contributed by atoms with Crippen molar-refractivity contribution in [2.24, 2.45) is 5.73 Å². The van der Waals surface area contributed by atoms with Gasteiger partial charge in [-0.15, -0.1) is 0 Å². The number of hydrogen-bond donors (Lipinski definition) is 1. The van der Waals surface area contributed by atoms with Crippen LogP contribution in [0.2, 0.25) is 0 Å². The fourth-order valence-corrected chi connectivity index (χ4v) is 2.88. The quantitative estimate of drug-likeness (QED) is 0.902. The summed E-state index contributed by atoms with van der Waals surface area (Å²) >= 11 is 0. The first-order chi connectivity index (χ1) is 9.11. The largest absolute Gasteiger partial charge is 0.329 e. The van der Waals surface area contributed by atoms with Crippen molar-refractivity contribution in [2.75, 3.05) is 33.7 Å². The van der Waals surface area contributed by atoms with Crippen LogP contribution in [0.1, 0.15) is 24.4 Å². The van der Waals surface area contributed by atoms with Crippen LogP contribution in [-0.4, -0.2) is 49.6 Å². The highest BCUT2D eigenvalue weighted by Gasteiger charge is 2.26. The number of piperidine rings is 1. The SMILES string of the molecule is CN1CCC(N(C)C(CN)c2ccc(F)cc2)CC1. The molecule has 1 unspecified atom stereocenters. The van der Waals surface area contributed by atoms with E-state index in [-0.39, 0.29) is 11.9 Å². The molecular formula is C15H24FN3. The van der Waals surface area contributed by atoms with Gasteiger partial charge >= 0.3 is 0 Å². The molecule has 106 valence electrons. The third-order valence-electron chi connectivity index (χ3n) is 4.23. The molecule has 0 aliphatic carbocycles. The molecule has 0 spiro atoms. The molecule has 1 aromatic rings. The molecule has 1 heterocycles. The van der Waals surface area contributed by atoms with Gasteiger partial charge < -0.3 is 10.6 Å². The molecule has 3 nitrogen and oxygen atoms in total. The smallest absolute Gasteiger partial charge is 0.123 e. The molecule has 1 aliphatic heterocycles. The predicted octanol–water partition coefficient (Wildman–Crippen LogP) is 1.85. The lowest BCUT2D eigenvalue weighted by atomic mass is 9.98. The molecule has 0 aromatic heterocycles. The Morgan fingerprint density at radius 2 is 1.89 bits per heavy atom. The number of likely N-dealkylation sites (tertiary alicyclic amines) is 1. The van der Waals surface area contributed by atoms with Crippen molar-refractivity contribution in [3.63, 3.8) is 0 Å². The van der Waals surface area contributed by atoms with E-state index in [9.17, 15) is 4.39 Å². The summed E-state index contributed by atoms with van der Waals surface area (Å²) in [7, 11) is 4.30. The number of halogens is 1. The Morgan fingerprint density at radius 1 is 1.32 bits per heavy atom. The van der Waals surface area contributed by atoms with Crippen molar-refractivity contribution in [2.45, 2.75) is 24.9 Å². The van der Waals surface area contributed by atoms with Crippen LogP contribution in [0.5, 0.6) is 0 Å². The van der Waals surface area contributed by atoms with Crippen LogP contribution < -0.4 is 5.73 Å². The van der Waals surface area contributed by atoms with Gasteiger partial charge in [-0.1, -0.05) is 12.1 Å². The zero-order chi connectivity index (χ0) is 13.8. The maximum absolute atomic E-state index is 13.0. The molecule has 0 amide bonds. The first kappa shape index (κ1) is 14.4. The van der Waals surface area contributed by atoms with Gasteiger partial charge in [0.05, 0.1) is 0 Å². The van der Waals surface area contributed by atoms with Crippen LogP contribution in [0.15, 0.2) is 24.3 Å². The van der Waals surface area contributed by atoms with Crippen LogP contribution >= 0.6 is 0 Å². The molecule has 19 heavy (non-hydrogen) atoms. The zero-order valence-electron chi connectivity index (χ0n) is 11.8. The number of rotatable bonds is 4. The van der Waals surface area contributed by atoms with Gasteiger partial charge in [0.2, 0.25) is 0 Å². The average Bonchev–Trinajstić information content (AvgIpc) is 2.42. The fourth-order valence-electron chi connectivity index (χ4n) is 2.88. The van der Waals surface area contributed by atoms with Crippen LogP contribution in [-0.2, 0) is 0 Å². The summed E-state index contributed by atoms with van der Waals surface area (Å²) in [5.74, 6) is -0.193. The third kappa shape index (κ3) is 3.53. The maximum atomic E-state index is 13.0. The molecule has 1 saturated heterocycles. The number of nitrogens with zero attached hydrogens (tertiary/aromatic N) is 2. The van der Waals surface area contributed by atoms with Gasteiger partial charge in [-0.05, 0) is 57.7 Å². The van der Waals surface area contributed by atoms with E-state index in [1.54, 1.807) is 0 Å². The van der Waals surface area contributed by atoms with Crippen molar-refractivity contribution in [1.82, 2.24) is 9.80 Å². The lowest BCUT2D eigenvalue weighted by Crippen LogP contribution is -2.45. The number of nitrogens with two attached hydrogens (primary N) is 1. The fraction of sp³-hybridized carbons (Fsp3) is 0.600. The molecule has 0 radical (unpaired) electrons.